The molecule has 0 aromatic rings. The molecule has 19 heavy (non-hydrogen) atoms. The van der Waals surface area contributed by atoms with Crippen LogP contribution in [0.1, 0.15) is 20.8 Å². The lowest BCUT2D eigenvalue weighted by molar-refractivity contribution is -0.144. The molecule has 0 saturated heterocycles. The quantitative estimate of drug-likeness (QED) is 0.330. The summed E-state index contributed by atoms with van der Waals surface area (Å²) in [4.78, 5) is 25.0. The van der Waals surface area contributed by atoms with Gasteiger partial charge in [-0.2, -0.15) is 0 Å². The van der Waals surface area contributed by atoms with Gasteiger partial charge in [-0.15, -0.1) is 0 Å². The third-order valence-corrected chi connectivity index (χ3v) is 1.84. The monoisotopic (exact) mass is 274 g/mol. The number of hydrogen-bond donors (Lipinski definition) is 2. The number of carbonyl (C=O) groups is 2. The highest BCUT2D eigenvalue weighted by atomic mass is 16.6. The second-order valence-corrected chi connectivity index (χ2v) is 4.62. The highest BCUT2D eigenvalue weighted by molar-refractivity contribution is 5.76. The predicted molar refractivity (Wildman–Crippen MR) is 65.2 cm³/mol. The Bertz CT molecular complexity index is 373. The van der Waals surface area contributed by atoms with Gasteiger partial charge in [0.1, 0.15) is 5.60 Å². The van der Waals surface area contributed by atoms with Crippen molar-refractivity contribution in [2.24, 2.45) is 5.11 Å². The predicted octanol–water partition coefficient (Wildman–Crippen LogP) is 0.724. The van der Waals surface area contributed by atoms with Crippen LogP contribution in [0, 0.1) is 0 Å². The number of hydrogen-bond acceptors (Lipinski definition) is 6. The summed E-state index contributed by atoms with van der Waals surface area (Å²) < 4.78 is 9.30. The third kappa shape index (κ3) is 7.12. The standard InChI is InChI=1S/C10H18N4O5/c1-10(2,3)19-9(17)12-5-6(15)7(13-14-11)8(16)18-4/h6-7,15H,5H2,1-4H3,(H,12,17)/t6-,7-/m1/s1. The first-order valence-corrected chi connectivity index (χ1v) is 5.48. The molecule has 0 fully saturated rings. The van der Waals surface area contributed by atoms with Crippen molar-refractivity contribution in [2.45, 2.75) is 38.5 Å². The molecule has 9 nitrogen and oxygen atoms in total. The Balaban J connectivity index is 4.42. The number of aliphatic hydroxyl groups is 1. The number of nitrogens with zero attached hydrogens (tertiary/aromatic N) is 3. The van der Waals surface area contributed by atoms with E-state index in [2.05, 4.69) is 20.1 Å². The summed E-state index contributed by atoms with van der Waals surface area (Å²) in [5.74, 6) is -0.892. The molecule has 0 rings (SSSR count). The van der Waals surface area contributed by atoms with E-state index < -0.39 is 29.8 Å². The number of esters is 1. The fraction of sp³-hybridized carbons (Fsp3) is 0.800. The highest BCUT2D eigenvalue weighted by Gasteiger charge is 2.27. The van der Waals surface area contributed by atoms with Gasteiger partial charge in [0.25, 0.3) is 0 Å². The van der Waals surface area contributed by atoms with Gasteiger partial charge in [-0.25, -0.2) is 4.79 Å². The van der Waals surface area contributed by atoms with Gasteiger partial charge in [0, 0.05) is 11.5 Å². The number of azide groups is 1. The van der Waals surface area contributed by atoms with Gasteiger partial charge in [-0.1, -0.05) is 5.11 Å². The average Bonchev–Trinajstić information content (AvgIpc) is 2.30. The van der Waals surface area contributed by atoms with Crippen molar-refractivity contribution in [3.63, 3.8) is 0 Å². The van der Waals surface area contributed by atoms with Crippen molar-refractivity contribution in [1.82, 2.24) is 5.32 Å². The Morgan fingerprint density at radius 2 is 2.05 bits per heavy atom. The van der Waals surface area contributed by atoms with Crippen LogP contribution >= 0.6 is 0 Å². The van der Waals surface area contributed by atoms with Gasteiger partial charge in [0.05, 0.1) is 13.2 Å². The van der Waals surface area contributed by atoms with Crippen molar-refractivity contribution in [2.75, 3.05) is 13.7 Å². The van der Waals surface area contributed by atoms with E-state index >= 15 is 0 Å². The van der Waals surface area contributed by atoms with Gasteiger partial charge in [-0.3, -0.25) is 4.79 Å². The van der Waals surface area contributed by atoms with E-state index in [1.54, 1.807) is 20.8 Å². The van der Waals surface area contributed by atoms with Crippen LogP contribution in [0.4, 0.5) is 4.79 Å². The second kappa shape index (κ2) is 7.45. The number of aliphatic hydroxyl groups excluding tert-OH is 1. The third-order valence-electron chi connectivity index (χ3n) is 1.84. The van der Waals surface area contributed by atoms with Crippen molar-refractivity contribution < 1.29 is 24.2 Å². The van der Waals surface area contributed by atoms with Crippen molar-refractivity contribution in [3.8, 4) is 0 Å². The van der Waals surface area contributed by atoms with Crippen LogP contribution in [-0.2, 0) is 14.3 Å². The maximum atomic E-state index is 11.3. The molecule has 0 aliphatic heterocycles. The SMILES string of the molecule is COC(=O)[C@H](N=[N+]=[N-])[C@H](O)CNC(=O)OC(C)(C)C. The largest absolute Gasteiger partial charge is 0.469 e. The molecule has 2 atom stereocenters. The minimum Gasteiger partial charge on any atom is -0.469 e. The molecule has 0 bridgehead atoms. The van der Waals surface area contributed by atoms with Crippen molar-refractivity contribution in [3.05, 3.63) is 10.4 Å². The lowest BCUT2D eigenvalue weighted by Crippen LogP contribution is -2.43. The Hall–Kier alpha value is -1.99. The summed E-state index contributed by atoms with van der Waals surface area (Å²) >= 11 is 0. The Morgan fingerprint density at radius 3 is 2.47 bits per heavy atom. The molecule has 108 valence electrons. The zero-order valence-corrected chi connectivity index (χ0v) is 11.3. The summed E-state index contributed by atoms with van der Waals surface area (Å²) in [6, 6.07) is -1.43. The fourth-order valence-corrected chi connectivity index (χ4v) is 1.07. The molecule has 1 amide bonds. The van der Waals surface area contributed by atoms with E-state index in [0.29, 0.717) is 0 Å². The van der Waals surface area contributed by atoms with E-state index in [1.165, 1.54) is 0 Å². The summed E-state index contributed by atoms with van der Waals surface area (Å²) in [6.07, 6.45) is -2.16. The highest BCUT2D eigenvalue weighted by Crippen LogP contribution is 2.07. The first-order valence-electron chi connectivity index (χ1n) is 5.48. The Labute approximate surface area is 110 Å². The van der Waals surface area contributed by atoms with Crippen LogP contribution in [0.2, 0.25) is 0 Å². The molecule has 0 aliphatic rings. The molecule has 0 heterocycles. The van der Waals surface area contributed by atoms with E-state index in [0.717, 1.165) is 7.11 Å². The zero-order valence-electron chi connectivity index (χ0n) is 11.3. The number of methoxy groups -OCH3 is 1. The van der Waals surface area contributed by atoms with E-state index in [4.69, 9.17) is 10.3 Å². The number of carbonyl (C=O) groups excluding carboxylic acids is 2. The van der Waals surface area contributed by atoms with Gasteiger partial charge in [-0.05, 0) is 26.3 Å². The molecule has 0 spiro atoms. The van der Waals surface area contributed by atoms with Crippen LogP contribution in [0.25, 0.3) is 10.4 Å². The number of rotatable bonds is 5. The van der Waals surface area contributed by atoms with Crippen LogP contribution < -0.4 is 5.32 Å². The summed E-state index contributed by atoms with van der Waals surface area (Å²) in [7, 11) is 1.09. The van der Waals surface area contributed by atoms with Crippen molar-refractivity contribution >= 4 is 12.1 Å². The minimum absolute atomic E-state index is 0.312. The van der Waals surface area contributed by atoms with E-state index in [-0.39, 0.29) is 6.54 Å². The molecule has 2 N–H and O–H groups in total. The average molecular weight is 274 g/mol. The van der Waals surface area contributed by atoms with Crippen molar-refractivity contribution in [1.29, 1.82) is 0 Å². The van der Waals surface area contributed by atoms with E-state index in [1.807, 2.05) is 0 Å². The lowest BCUT2D eigenvalue weighted by atomic mass is 10.2. The summed E-state index contributed by atoms with van der Waals surface area (Å²) in [6.45, 7) is 4.73. The Morgan fingerprint density at radius 1 is 1.47 bits per heavy atom. The molecule has 0 saturated carbocycles. The molecular weight excluding hydrogens is 256 g/mol. The minimum atomic E-state index is -1.43. The zero-order chi connectivity index (χ0) is 15.1. The number of nitrogens with one attached hydrogen (secondary N) is 1. The maximum Gasteiger partial charge on any atom is 0.407 e. The molecule has 0 aliphatic carbocycles. The van der Waals surface area contributed by atoms with Gasteiger partial charge in [0.15, 0.2) is 6.04 Å². The number of amides is 1. The summed E-state index contributed by atoms with van der Waals surface area (Å²) in [5.41, 5.74) is 7.61. The van der Waals surface area contributed by atoms with Crippen LogP contribution in [0.5, 0.6) is 0 Å². The fourth-order valence-electron chi connectivity index (χ4n) is 1.07. The molecule has 0 radical (unpaired) electrons. The molecule has 9 heteroatoms. The number of alkyl carbamates (subject to hydrolysis) is 1. The van der Waals surface area contributed by atoms with Gasteiger partial charge in [0.2, 0.25) is 0 Å². The molecule has 0 aromatic carbocycles. The summed E-state index contributed by atoms with van der Waals surface area (Å²) in [5, 5.41) is 15.0. The second-order valence-electron chi connectivity index (χ2n) is 4.62. The molecule has 0 aromatic heterocycles. The molecular formula is C10H18N4O5. The smallest absolute Gasteiger partial charge is 0.407 e. The lowest BCUT2D eigenvalue weighted by Gasteiger charge is -2.21. The molecule has 0 unspecified atom stereocenters. The van der Waals surface area contributed by atoms with E-state index in [9.17, 15) is 14.7 Å². The van der Waals surface area contributed by atoms with Crippen LogP contribution in [-0.4, -0.2) is 48.6 Å². The normalized spacial score (nSPS) is 13.7. The van der Waals surface area contributed by atoms with Crippen LogP contribution in [0.15, 0.2) is 5.11 Å². The van der Waals surface area contributed by atoms with Gasteiger partial charge >= 0.3 is 12.1 Å². The van der Waals surface area contributed by atoms with Crippen LogP contribution in [0.3, 0.4) is 0 Å². The van der Waals surface area contributed by atoms with Gasteiger partial charge < -0.3 is 19.9 Å². The topological polar surface area (TPSA) is 134 Å². The Kier molecular flexibility index (Phi) is 6.67. The first-order chi connectivity index (χ1) is 8.71. The first kappa shape index (κ1) is 17.0. The number of ether oxygens (including phenoxy) is 2. The maximum absolute atomic E-state index is 11.3.